The van der Waals surface area contributed by atoms with Crippen LogP contribution in [0.25, 0.3) is 0 Å². The number of thioether (sulfide) groups is 2. The van der Waals surface area contributed by atoms with Crippen molar-refractivity contribution in [1.29, 1.82) is 0 Å². The normalized spacial score (nSPS) is 13.9. The summed E-state index contributed by atoms with van der Waals surface area (Å²) in [6.07, 6.45) is 0. The van der Waals surface area contributed by atoms with Gasteiger partial charge in [-0.2, -0.15) is 0 Å². The molecule has 0 saturated heterocycles. The summed E-state index contributed by atoms with van der Waals surface area (Å²) in [4.78, 5) is 25.9. The number of nitrogens with zero attached hydrogens (tertiary/aromatic N) is 3. The van der Waals surface area contributed by atoms with Crippen LogP contribution < -0.4 is 0 Å². The van der Waals surface area contributed by atoms with Crippen LogP contribution in [0.4, 0.5) is 0 Å². The molecule has 1 aromatic heterocycles. The standard InChI is InChI=1S/C16H17N3O2S3/c1-10(2)9-23-16-18-17-15(24-16)22-8-7-19-13(20)11-5-3-4-6-12(11)14(19)21/h3-6,10H,7-9H2,1-2H3. The zero-order valence-corrected chi connectivity index (χ0v) is 15.8. The van der Waals surface area contributed by atoms with Gasteiger partial charge in [-0.15, -0.1) is 10.2 Å². The highest BCUT2D eigenvalue weighted by Crippen LogP contribution is 2.30. The summed E-state index contributed by atoms with van der Waals surface area (Å²) in [6, 6.07) is 6.96. The van der Waals surface area contributed by atoms with Crippen LogP contribution in [0.1, 0.15) is 34.6 Å². The van der Waals surface area contributed by atoms with Gasteiger partial charge in [0.15, 0.2) is 8.68 Å². The monoisotopic (exact) mass is 379 g/mol. The van der Waals surface area contributed by atoms with Crippen molar-refractivity contribution in [3.05, 3.63) is 35.4 Å². The van der Waals surface area contributed by atoms with E-state index in [0.29, 0.717) is 29.3 Å². The van der Waals surface area contributed by atoms with Crippen molar-refractivity contribution in [2.24, 2.45) is 5.92 Å². The number of aromatic nitrogens is 2. The van der Waals surface area contributed by atoms with Gasteiger partial charge in [-0.3, -0.25) is 14.5 Å². The Morgan fingerprint density at radius 3 is 2.21 bits per heavy atom. The second kappa shape index (κ2) is 7.67. The summed E-state index contributed by atoms with van der Waals surface area (Å²) in [5, 5.41) is 8.32. The molecule has 1 aliphatic rings. The lowest BCUT2D eigenvalue weighted by atomic mass is 10.1. The largest absolute Gasteiger partial charge is 0.273 e. The Labute approximate surface area is 153 Å². The molecule has 0 aliphatic carbocycles. The lowest BCUT2D eigenvalue weighted by Gasteiger charge is -2.12. The van der Waals surface area contributed by atoms with Gasteiger partial charge in [0.25, 0.3) is 11.8 Å². The zero-order chi connectivity index (χ0) is 17.1. The zero-order valence-electron chi connectivity index (χ0n) is 13.4. The fourth-order valence-electron chi connectivity index (χ4n) is 2.22. The van der Waals surface area contributed by atoms with Crippen LogP contribution in [0.5, 0.6) is 0 Å². The van der Waals surface area contributed by atoms with E-state index in [4.69, 9.17) is 0 Å². The molecule has 0 radical (unpaired) electrons. The number of imide groups is 1. The maximum Gasteiger partial charge on any atom is 0.261 e. The van der Waals surface area contributed by atoms with E-state index >= 15 is 0 Å². The molecule has 0 N–H and O–H groups in total. The third kappa shape index (κ3) is 3.81. The number of hydrogen-bond donors (Lipinski definition) is 0. The summed E-state index contributed by atoms with van der Waals surface area (Å²) in [6.45, 7) is 4.72. The Morgan fingerprint density at radius 2 is 1.62 bits per heavy atom. The van der Waals surface area contributed by atoms with Crippen LogP contribution in [-0.2, 0) is 0 Å². The number of amides is 2. The Kier molecular flexibility index (Phi) is 5.57. The van der Waals surface area contributed by atoms with E-state index in [-0.39, 0.29) is 11.8 Å². The lowest BCUT2D eigenvalue weighted by Crippen LogP contribution is -2.31. The van der Waals surface area contributed by atoms with E-state index in [2.05, 4.69) is 24.0 Å². The molecule has 0 spiro atoms. The van der Waals surface area contributed by atoms with Crippen LogP contribution in [0.3, 0.4) is 0 Å². The molecule has 0 bridgehead atoms. The molecule has 2 amide bonds. The molecule has 0 fully saturated rings. The summed E-state index contributed by atoms with van der Waals surface area (Å²) in [5.41, 5.74) is 0.992. The third-order valence-corrected chi connectivity index (χ3v) is 6.94. The average Bonchev–Trinajstić information content (AvgIpc) is 3.12. The predicted octanol–water partition coefficient (Wildman–Crippen LogP) is 3.67. The first-order chi connectivity index (χ1) is 11.6. The SMILES string of the molecule is CC(C)CSc1nnc(SCCN2C(=O)c3ccccc3C2=O)s1. The highest BCUT2D eigenvalue weighted by molar-refractivity contribution is 8.03. The molecule has 2 heterocycles. The lowest BCUT2D eigenvalue weighted by molar-refractivity contribution is 0.0664. The van der Waals surface area contributed by atoms with Crippen LogP contribution in [0, 0.1) is 5.92 Å². The fraction of sp³-hybridized carbons (Fsp3) is 0.375. The number of carbonyl (C=O) groups excluding carboxylic acids is 2. The van der Waals surface area contributed by atoms with Crippen molar-refractivity contribution in [3.63, 3.8) is 0 Å². The summed E-state index contributed by atoms with van der Waals surface area (Å²) in [5.74, 6) is 1.84. The quantitative estimate of drug-likeness (QED) is 0.540. The number of rotatable bonds is 7. The maximum absolute atomic E-state index is 12.3. The Morgan fingerprint density at radius 1 is 1.04 bits per heavy atom. The highest BCUT2D eigenvalue weighted by Gasteiger charge is 2.34. The molecule has 5 nitrogen and oxygen atoms in total. The van der Waals surface area contributed by atoms with Gasteiger partial charge in [-0.05, 0) is 18.1 Å². The van der Waals surface area contributed by atoms with E-state index in [0.717, 1.165) is 14.4 Å². The first-order valence-corrected chi connectivity index (χ1v) is 10.4. The molecule has 0 unspecified atom stereocenters. The van der Waals surface area contributed by atoms with Gasteiger partial charge in [-0.25, -0.2) is 0 Å². The summed E-state index contributed by atoms with van der Waals surface area (Å²) < 4.78 is 1.84. The molecule has 24 heavy (non-hydrogen) atoms. The van der Waals surface area contributed by atoms with Crippen molar-refractivity contribution >= 4 is 46.7 Å². The second-order valence-corrected chi connectivity index (χ2v) is 9.28. The average molecular weight is 380 g/mol. The van der Waals surface area contributed by atoms with Gasteiger partial charge in [0.1, 0.15) is 0 Å². The minimum atomic E-state index is -0.207. The molecule has 0 saturated carbocycles. The topological polar surface area (TPSA) is 63.2 Å². The Hall–Kier alpha value is -1.38. The van der Waals surface area contributed by atoms with Crippen molar-refractivity contribution in [2.45, 2.75) is 22.5 Å². The van der Waals surface area contributed by atoms with E-state index in [9.17, 15) is 9.59 Å². The van der Waals surface area contributed by atoms with E-state index in [1.807, 2.05) is 0 Å². The summed E-state index contributed by atoms with van der Waals surface area (Å²) in [7, 11) is 0. The van der Waals surface area contributed by atoms with Gasteiger partial charge in [0, 0.05) is 18.1 Å². The molecule has 3 rings (SSSR count). The van der Waals surface area contributed by atoms with Crippen LogP contribution in [0.2, 0.25) is 0 Å². The number of hydrogen-bond acceptors (Lipinski definition) is 7. The van der Waals surface area contributed by atoms with Crippen molar-refractivity contribution in [3.8, 4) is 0 Å². The van der Waals surface area contributed by atoms with E-state index in [1.54, 1.807) is 47.4 Å². The molecular weight excluding hydrogens is 362 g/mol. The van der Waals surface area contributed by atoms with E-state index < -0.39 is 0 Å². The van der Waals surface area contributed by atoms with Crippen LogP contribution in [-0.4, -0.2) is 45.0 Å². The van der Waals surface area contributed by atoms with Gasteiger partial charge in [0.05, 0.1) is 11.1 Å². The first-order valence-electron chi connectivity index (χ1n) is 7.60. The van der Waals surface area contributed by atoms with Crippen LogP contribution in [0.15, 0.2) is 32.9 Å². The number of fused-ring (bicyclic) bond motifs is 1. The smallest absolute Gasteiger partial charge is 0.261 e. The van der Waals surface area contributed by atoms with Gasteiger partial charge in [-0.1, -0.05) is 60.8 Å². The van der Waals surface area contributed by atoms with Crippen LogP contribution >= 0.6 is 34.9 Å². The molecule has 1 aromatic carbocycles. The molecular formula is C16H17N3O2S3. The van der Waals surface area contributed by atoms with Gasteiger partial charge in [0.2, 0.25) is 0 Å². The van der Waals surface area contributed by atoms with Crippen molar-refractivity contribution in [1.82, 2.24) is 15.1 Å². The molecule has 8 heteroatoms. The number of carbonyl (C=O) groups is 2. The highest BCUT2D eigenvalue weighted by atomic mass is 32.2. The van der Waals surface area contributed by atoms with Crippen molar-refractivity contribution < 1.29 is 9.59 Å². The van der Waals surface area contributed by atoms with Crippen molar-refractivity contribution in [2.75, 3.05) is 18.1 Å². The molecule has 0 atom stereocenters. The van der Waals surface area contributed by atoms with Gasteiger partial charge < -0.3 is 0 Å². The minimum absolute atomic E-state index is 0.207. The Balaban J connectivity index is 1.52. The maximum atomic E-state index is 12.3. The molecule has 126 valence electrons. The minimum Gasteiger partial charge on any atom is -0.273 e. The van der Waals surface area contributed by atoms with E-state index in [1.165, 1.54) is 16.7 Å². The third-order valence-electron chi connectivity index (χ3n) is 3.35. The number of benzene rings is 1. The second-order valence-electron chi connectivity index (χ2n) is 5.69. The predicted molar refractivity (Wildman–Crippen MR) is 98.0 cm³/mol. The first kappa shape index (κ1) is 17.4. The van der Waals surface area contributed by atoms with Gasteiger partial charge >= 0.3 is 0 Å². The summed E-state index contributed by atoms with van der Waals surface area (Å²) >= 11 is 4.81. The Bertz CT molecular complexity index is 726. The molecule has 2 aromatic rings. The fourth-order valence-corrected chi connectivity index (χ4v) is 5.21. The molecule has 1 aliphatic heterocycles.